The fraction of sp³-hybridized carbons (Fsp3) is 0.412. The Hall–Kier alpha value is -1.66. The molecule has 0 spiro atoms. The number of nitrogens with one attached hydrogen (secondary N) is 1. The first-order chi connectivity index (χ1) is 11.2. The lowest BCUT2D eigenvalue weighted by molar-refractivity contribution is -0.132. The minimum absolute atomic E-state index is 0.0508. The molecular weight excluding hydrogens is 328 g/mol. The van der Waals surface area contributed by atoms with E-state index in [-0.39, 0.29) is 11.8 Å². The predicted molar refractivity (Wildman–Crippen MR) is 93.8 cm³/mol. The molecule has 2 aromatic heterocycles. The Balaban J connectivity index is 1.41. The molecule has 4 nitrogen and oxygen atoms in total. The Morgan fingerprint density at radius 1 is 1.17 bits per heavy atom. The van der Waals surface area contributed by atoms with Crippen molar-refractivity contribution in [3.05, 3.63) is 44.8 Å². The van der Waals surface area contributed by atoms with E-state index < -0.39 is 0 Å². The van der Waals surface area contributed by atoms with Crippen LogP contribution in [0.25, 0.3) is 0 Å². The van der Waals surface area contributed by atoms with Gasteiger partial charge in [-0.2, -0.15) is 0 Å². The maximum atomic E-state index is 12.4. The summed E-state index contributed by atoms with van der Waals surface area (Å²) in [7, 11) is 0. The van der Waals surface area contributed by atoms with Crippen molar-refractivity contribution in [3.8, 4) is 0 Å². The molecule has 6 heteroatoms. The van der Waals surface area contributed by atoms with Crippen LogP contribution in [0, 0.1) is 0 Å². The standard InChI is InChI=1S/C17H20N2O2S2/c20-16(6-1-9-18-17(21)15-5-3-11-23-15)19(13-7-8-13)12-14-4-2-10-22-14/h2-5,10-11,13H,1,6-9,12H2,(H,18,21). The molecule has 23 heavy (non-hydrogen) atoms. The summed E-state index contributed by atoms with van der Waals surface area (Å²) >= 11 is 3.12. The monoisotopic (exact) mass is 348 g/mol. The summed E-state index contributed by atoms with van der Waals surface area (Å²) in [4.78, 5) is 28.2. The molecule has 0 atom stereocenters. The minimum atomic E-state index is -0.0508. The smallest absolute Gasteiger partial charge is 0.261 e. The number of amides is 2. The minimum Gasteiger partial charge on any atom is -0.351 e. The highest BCUT2D eigenvalue weighted by Gasteiger charge is 2.32. The van der Waals surface area contributed by atoms with Crippen molar-refractivity contribution >= 4 is 34.5 Å². The number of thiophene rings is 2. The maximum Gasteiger partial charge on any atom is 0.261 e. The van der Waals surface area contributed by atoms with Crippen LogP contribution in [-0.4, -0.2) is 29.3 Å². The van der Waals surface area contributed by atoms with E-state index in [1.807, 2.05) is 27.8 Å². The van der Waals surface area contributed by atoms with Crippen molar-refractivity contribution in [2.45, 2.75) is 38.3 Å². The molecule has 1 saturated carbocycles. The van der Waals surface area contributed by atoms with Crippen LogP contribution in [0.5, 0.6) is 0 Å². The molecule has 3 rings (SSSR count). The number of hydrogen-bond acceptors (Lipinski definition) is 4. The molecule has 122 valence electrons. The lowest BCUT2D eigenvalue weighted by Gasteiger charge is -2.21. The van der Waals surface area contributed by atoms with E-state index in [2.05, 4.69) is 11.4 Å². The first kappa shape index (κ1) is 16.2. The van der Waals surface area contributed by atoms with Crippen LogP contribution in [0.15, 0.2) is 35.0 Å². The normalized spacial score (nSPS) is 13.7. The van der Waals surface area contributed by atoms with E-state index in [0.29, 0.717) is 30.3 Å². The van der Waals surface area contributed by atoms with Crippen LogP contribution in [0.4, 0.5) is 0 Å². The van der Waals surface area contributed by atoms with Crippen LogP contribution in [0.3, 0.4) is 0 Å². The lowest BCUT2D eigenvalue weighted by Crippen LogP contribution is -2.33. The largest absolute Gasteiger partial charge is 0.351 e. The number of carbonyl (C=O) groups excluding carboxylic acids is 2. The van der Waals surface area contributed by atoms with Gasteiger partial charge >= 0.3 is 0 Å². The molecule has 0 radical (unpaired) electrons. The van der Waals surface area contributed by atoms with Crippen LogP contribution in [-0.2, 0) is 11.3 Å². The highest BCUT2D eigenvalue weighted by Crippen LogP contribution is 2.29. The van der Waals surface area contributed by atoms with Gasteiger partial charge in [-0.15, -0.1) is 22.7 Å². The summed E-state index contributed by atoms with van der Waals surface area (Å²) in [5.41, 5.74) is 0. The van der Waals surface area contributed by atoms with Gasteiger partial charge in [-0.05, 0) is 42.2 Å². The van der Waals surface area contributed by atoms with Crippen molar-refractivity contribution in [1.29, 1.82) is 0 Å². The van der Waals surface area contributed by atoms with Crippen LogP contribution < -0.4 is 5.32 Å². The second kappa shape index (κ2) is 7.75. The third-order valence-electron chi connectivity index (χ3n) is 3.81. The summed E-state index contributed by atoms with van der Waals surface area (Å²) in [5, 5.41) is 6.80. The predicted octanol–water partition coefficient (Wildman–Crippen LogP) is 3.51. The van der Waals surface area contributed by atoms with E-state index in [1.54, 1.807) is 17.4 Å². The molecule has 1 N–H and O–H groups in total. The Labute approximate surface area is 144 Å². The number of hydrogen-bond donors (Lipinski definition) is 1. The van der Waals surface area contributed by atoms with Gasteiger partial charge in [-0.1, -0.05) is 12.1 Å². The molecule has 0 saturated heterocycles. The lowest BCUT2D eigenvalue weighted by atomic mass is 10.2. The Kier molecular flexibility index (Phi) is 5.46. The number of rotatable bonds is 8. The molecule has 0 aliphatic heterocycles. The maximum absolute atomic E-state index is 12.4. The van der Waals surface area contributed by atoms with Gasteiger partial charge in [0, 0.05) is 23.9 Å². The molecule has 0 unspecified atom stereocenters. The topological polar surface area (TPSA) is 49.4 Å². The fourth-order valence-electron chi connectivity index (χ4n) is 2.46. The summed E-state index contributed by atoms with van der Waals surface area (Å²) in [5.74, 6) is 0.149. The van der Waals surface area contributed by atoms with Gasteiger partial charge in [0.1, 0.15) is 0 Å². The summed E-state index contributed by atoms with van der Waals surface area (Å²) in [6, 6.07) is 8.19. The molecule has 0 bridgehead atoms. The average Bonchev–Trinajstić information content (AvgIpc) is 3.05. The molecule has 2 heterocycles. The summed E-state index contributed by atoms with van der Waals surface area (Å²) in [6.45, 7) is 1.27. The summed E-state index contributed by atoms with van der Waals surface area (Å²) in [6.07, 6.45) is 3.41. The second-order valence-corrected chi connectivity index (χ2v) is 7.65. The molecular formula is C17H20N2O2S2. The molecule has 0 aromatic carbocycles. The fourth-order valence-corrected chi connectivity index (χ4v) is 3.80. The zero-order valence-corrected chi connectivity index (χ0v) is 14.5. The van der Waals surface area contributed by atoms with E-state index in [0.717, 1.165) is 19.4 Å². The van der Waals surface area contributed by atoms with Crippen molar-refractivity contribution < 1.29 is 9.59 Å². The zero-order valence-electron chi connectivity index (χ0n) is 12.9. The Morgan fingerprint density at radius 3 is 2.61 bits per heavy atom. The van der Waals surface area contributed by atoms with E-state index in [1.165, 1.54) is 16.2 Å². The van der Waals surface area contributed by atoms with Gasteiger partial charge in [0.2, 0.25) is 5.91 Å². The van der Waals surface area contributed by atoms with Gasteiger partial charge in [0.05, 0.1) is 11.4 Å². The molecule has 1 fully saturated rings. The Morgan fingerprint density at radius 2 is 1.96 bits per heavy atom. The van der Waals surface area contributed by atoms with Gasteiger partial charge < -0.3 is 10.2 Å². The highest BCUT2D eigenvalue weighted by molar-refractivity contribution is 7.12. The van der Waals surface area contributed by atoms with E-state index >= 15 is 0 Å². The van der Waals surface area contributed by atoms with Crippen molar-refractivity contribution in [2.75, 3.05) is 6.54 Å². The number of carbonyl (C=O) groups is 2. The second-order valence-electron chi connectivity index (χ2n) is 5.67. The van der Waals surface area contributed by atoms with E-state index in [9.17, 15) is 9.59 Å². The summed E-state index contributed by atoms with van der Waals surface area (Å²) < 4.78 is 0. The van der Waals surface area contributed by atoms with E-state index in [4.69, 9.17) is 0 Å². The van der Waals surface area contributed by atoms with Crippen LogP contribution in [0.2, 0.25) is 0 Å². The SMILES string of the molecule is O=C(NCCCC(=O)N(Cc1cccs1)C1CC1)c1cccs1. The third-order valence-corrected chi connectivity index (χ3v) is 5.54. The average molecular weight is 348 g/mol. The first-order valence-corrected chi connectivity index (χ1v) is 9.63. The highest BCUT2D eigenvalue weighted by atomic mass is 32.1. The zero-order chi connectivity index (χ0) is 16.1. The molecule has 2 aromatic rings. The van der Waals surface area contributed by atoms with Crippen LogP contribution in [0.1, 0.15) is 40.2 Å². The molecule has 1 aliphatic carbocycles. The molecule has 1 aliphatic rings. The Bertz CT molecular complexity index is 634. The van der Waals surface area contributed by atoms with Gasteiger partial charge in [-0.25, -0.2) is 0 Å². The number of nitrogens with zero attached hydrogens (tertiary/aromatic N) is 1. The van der Waals surface area contributed by atoms with Crippen molar-refractivity contribution in [2.24, 2.45) is 0 Å². The van der Waals surface area contributed by atoms with Gasteiger partial charge in [-0.3, -0.25) is 9.59 Å². The van der Waals surface area contributed by atoms with Crippen molar-refractivity contribution in [1.82, 2.24) is 10.2 Å². The first-order valence-electron chi connectivity index (χ1n) is 7.87. The van der Waals surface area contributed by atoms with Gasteiger partial charge in [0.25, 0.3) is 5.91 Å². The van der Waals surface area contributed by atoms with Gasteiger partial charge in [0.15, 0.2) is 0 Å². The quantitative estimate of drug-likeness (QED) is 0.742. The third kappa shape index (κ3) is 4.65. The molecule has 2 amide bonds. The van der Waals surface area contributed by atoms with Crippen LogP contribution >= 0.6 is 22.7 Å². The van der Waals surface area contributed by atoms with Crippen molar-refractivity contribution in [3.63, 3.8) is 0 Å².